The molecule has 1 aromatic carbocycles. The third kappa shape index (κ3) is 3.54. The number of anilines is 1. The van der Waals surface area contributed by atoms with E-state index in [-0.39, 0.29) is 12.5 Å². The van der Waals surface area contributed by atoms with Gasteiger partial charge in [-0.15, -0.1) is 0 Å². The van der Waals surface area contributed by atoms with Gasteiger partial charge in [0.2, 0.25) is 5.82 Å². The van der Waals surface area contributed by atoms with Crippen LogP contribution in [0.25, 0.3) is 0 Å². The van der Waals surface area contributed by atoms with E-state index in [2.05, 4.69) is 20.3 Å². The van der Waals surface area contributed by atoms with Crippen molar-refractivity contribution >= 4 is 11.7 Å². The van der Waals surface area contributed by atoms with Crippen LogP contribution in [0.2, 0.25) is 0 Å². The van der Waals surface area contributed by atoms with Crippen LogP contribution in [-0.2, 0) is 11.2 Å². The Morgan fingerprint density at radius 1 is 1.32 bits per heavy atom. The first-order valence-electron chi connectivity index (χ1n) is 5.99. The first kappa shape index (κ1) is 13.1. The number of amides is 1. The SMILES string of the molecule is CCc1nonc1NC(=O)COc1ccc(C)cc1. The van der Waals surface area contributed by atoms with Gasteiger partial charge < -0.3 is 10.1 Å². The molecule has 6 nitrogen and oxygen atoms in total. The molecule has 0 atom stereocenters. The summed E-state index contributed by atoms with van der Waals surface area (Å²) >= 11 is 0. The Bertz CT molecular complexity index is 549. The zero-order valence-electron chi connectivity index (χ0n) is 10.8. The summed E-state index contributed by atoms with van der Waals surface area (Å²) in [6.45, 7) is 3.80. The number of aryl methyl sites for hydroxylation is 2. The summed E-state index contributed by atoms with van der Waals surface area (Å²) in [5.41, 5.74) is 1.75. The molecule has 0 unspecified atom stereocenters. The standard InChI is InChI=1S/C13H15N3O3/c1-3-11-13(16-19-15-11)14-12(17)8-18-10-6-4-9(2)5-7-10/h4-7H,3,8H2,1-2H3,(H,14,16,17). The van der Waals surface area contributed by atoms with Crippen LogP contribution >= 0.6 is 0 Å². The molecule has 0 aliphatic rings. The van der Waals surface area contributed by atoms with Gasteiger partial charge in [-0.2, -0.15) is 0 Å². The molecule has 0 bridgehead atoms. The van der Waals surface area contributed by atoms with E-state index in [9.17, 15) is 4.79 Å². The summed E-state index contributed by atoms with van der Waals surface area (Å²) < 4.78 is 9.91. The normalized spacial score (nSPS) is 10.2. The molecule has 0 saturated heterocycles. The molecule has 1 N–H and O–H groups in total. The molecule has 1 amide bonds. The first-order chi connectivity index (χ1) is 9.19. The topological polar surface area (TPSA) is 77.3 Å². The lowest BCUT2D eigenvalue weighted by Gasteiger charge is -2.06. The maximum Gasteiger partial charge on any atom is 0.263 e. The van der Waals surface area contributed by atoms with Crippen LogP contribution in [0, 0.1) is 6.92 Å². The van der Waals surface area contributed by atoms with Crippen LogP contribution in [0.15, 0.2) is 28.9 Å². The highest BCUT2D eigenvalue weighted by molar-refractivity contribution is 5.91. The van der Waals surface area contributed by atoms with Gasteiger partial charge in [0.25, 0.3) is 5.91 Å². The van der Waals surface area contributed by atoms with Gasteiger partial charge in [0.15, 0.2) is 6.61 Å². The van der Waals surface area contributed by atoms with Crippen molar-refractivity contribution in [1.29, 1.82) is 0 Å². The monoisotopic (exact) mass is 261 g/mol. The van der Waals surface area contributed by atoms with Crippen LogP contribution in [-0.4, -0.2) is 22.8 Å². The van der Waals surface area contributed by atoms with Crippen LogP contribution in [0.4, 0.5) is 5.82 Å². The highest BCUT2D eigenvalue weighted by Gasteiger charge is 2.11. The molecule has 100 valence electrons. The molecule has 1 aromatic heterocycles. The van der Waals surface area contributed by atoms with Gasteiger partial charge in [-0.05, 0) is 30.6 Å². The Morgan fingerprint density at radius 3 is 2.74 bits per heavy atom. The number of carbonyl (C=O) groups is 1. The third-order valence-corrected chi connectivity index (χ3v) is 2.54. The minimum Gasteiger partial charge on any atom is -0.484 e. The van der Waals surface area contributed by atoms with Crippen LogP contribution < -0.4 is 10.1 Å². The smallest absolute Gasteiger partial charge is 0.263 e. The Balaban J connectivity index is 1.86. The van der Waals surface area contributed by atoms with Gasteiger partial charge in [-0.1, -0.05) is 29.8 Å². The molecular formula is C13H15N3O3. The van der Waals surface area contributed by atoms with Crippen molar-refractivity contribution in [3.8, 4) is 5.75 Å². The lowest BCUT2D eigenvalue weighted by molar-refractivity contribution is -0.118. The fraction of sp³-hybridized carbons (Fsp3) is 0.308. The summed E-state index contributed by atoms with van der Waals surface area (Å²) in [6, 6.07) is 7.48. The van der Waals surface area contributed by atoms with E-state index in [0.29, 0.717) is 23.7 Å². The van der Waals surface area contributed by atoms with E-state index in [0.717, 1.165) is 5.56 Å². The quantitative estimate of drug-likeness (QED) is 0.890. The van der Waals surface area contributed by atoms with Gasteiger partial charge in [-0.3, -0.25) is 4.79 Å². The molecule has 0 fully saturated rings. The van der Waals surface area contributed by atoms with Crippen LogP contribution in [0.5, 0.6) is 5.75 Å². The van der Waals surface area contributed by atoms with E-state index in [4.69, 9.17) is 4.74 Å². The van der Waals surface area contributed by atoms with Gasteiger partial charge in [0, 0.05) is 0 Å². The zero-order chi connectivity index (χ0) is 13.7. The number of carbonyl (C=O) groups excluding carboxylic acids is 1. The van der Waals surface area contributed by atoms with E-state index in [1.54, 1.807) is 0 Å². The highest BCUT2D eigenvalue weighted by atomic mass is 16.6. The molecule has 0 saturated carbocycles. The van der Waals surface area contributed by atoms with Gasteiger partial charge in [-0.25, -0.2) is 4.63 Å². The molecule has 0 spiro atoms. The third-order valence-electron chi connectivity index (χ3n) is 2.54. The van der Waals surface area contributed by atoms with Crippen LogP contribution in [0.3, 0.4) is 0 Å². The minimum atomic E-state index is -0.300. The molecule has 2 aromatic rings. The zero-order valence-corrected chi connectivity index (χ0v) is 10.8. The van der Waals surface area contributed by atoms with Crippen molar-refractivity contribution in [2.24, 2.45) is 0 Å². The van der Waals surface area contributed by atoms with E-state index in [1.807, 2.05) is 38.1 Å². The second kappa shape index (κ2) is 5.99. The molecule has 6 heteroatoms. The Morgan fingerprint density at radius 2 is 2.05 bits per heavy atom. The van der Waals surface area contributed by atoms with Gasteiger partial charge in [0.1, 0.15) is 11.4 Å². The first-order valence-corrected chi connectivity index (χ1v) is 5.99. The van der Waals surface area contributed by atoms with E-state index >= 15 is 0 Å². The predicted octanol–water partition coefficient (Wildman–Crippen LogP) is 1.96. The largest absolute Gasteiger partial charge is 0.484 e. The lowest BCUT2D eigenvalue weighted by Crippen LogP contribution is -2.21. The highest BCUT2D eigenvalue weighted by Crippen LogP contribution is 2.12. The van der Waals surface area contributed by atoms with Crippen molar-refractivity contribution in [2.45, 2.75) is 20.3 Å². The molecule has 19 heavy (non-hydrogen) atoms. The number of nitrogens with one attached hydrogen (secondary N) is 1. The van der Waals surface area contributed by atoms with Crippen molar-refractivity contribution in [3.63, 3.8) is 0 Å². The number of ether oxygens (including phenoxy) is 1. The number of hydrogen-bond donors (Lipinski definition) is 1. The Hall–Kier alpha value is -2.37. The van der Waals surface area contributed by atoms with Gasteiger partial charge in [0.05, 0.1) is 0 Å². The maximum absolute atomic E-state index is 11.7. The van der Waals surface area contributed by atoms with Crippen molar-refractivity contribution in [1.82, 2.24) is 10.3 Å². The summed E-state index contributed by atoms with van der Waals surface area (Å²) in [5, 5.41) is 9.89. The van der Waals surface area contributed by atoms with Crippen molar-refractivity contribution in [2.75, 3.05) is 11.9 Å². The minimum absolute atomic E-state index is 0.0843. The maximum atomic E-state index is 11.7. The number of rotatable bonds is 5. The van der Waals surface area contributed by atoms with Crippen LogP contribution in [0.1, 0.15) is 18.2 Å². The van der Waals surface area contributed by atoms with Gasteiger partial charge >= 0.3 is 0 Å². The summed E-state index contributed by atoms with van der Waals surface area (Å²) in [4.78, 5) is 11.7. The number of benzene rings is 1. The molecule has 0 aliphatic heterocycles. The predicted molar refractivity (Wildman–Crippen MR) is 69.0 cm³/mol. The fourth-order valence-corrected chi connectivity index (χ4v) is 1.48. The number of nitrogens with zero attached hydrogens (tertiary/aromatic N) is 2. The Labute approximate surface area is 110 Å². The summed E-state index contributed by atoms with van der Waals surface area (Å²) in [6.07, 6.45) is 0.637. The number of hydrogen-bond acceptors (Lipinski definition) is 5. The van der Waals surface area contributed by atoms with E-state index in [1.165, 1.54) is 0 Å². The second-order valence-electron chi connectivity index (χ2n) is 4.06. The second-order valence-corrected chi connectivity index (χ2v) is 4.06. The lowest BCUT2D eigenvalue weighted by atomic mass is 10.2. The molecule has 0 radical (unpaired) electrons. The summed E-state index contributed by atoms with van der Waals surface area (Å²) in [7, 11) is 0. The van der Waals surface area contributed by atoms with Crippen molar-refractivity contribution in [3.05, 3.63) is 35.5 Å². The molecule has 0 aliphatic carbocycles. The fourth-order valence-electron chi connectivity index (χ4n) is 1.48. The Kier molecular flexibility index (Phi) is 4.12. The average molecular weight is 261 g/mol. The summed E-state index contributed by atoms with van der Waals surface area (Å²) in [5.74, 6) is 0.695. The molecule has 2 rings (SSSR count). The average Bonchev–Trinajstić information content (AvgIpc) is 2.85. The molecule has 1 heterocycles. The van der Waals surface area contributed by atoms with E-state index < -0.39 is 0 Å². The molecular weight excluding hydrogens is 246 g/mol. The number of aromatic nitrogens is 2. The van der Waals surface area contributed by atoms with Crippen molar-refractivity contribution < 1.29 is 14.2 Å².